The summed E-state index contributed by atoms with van der Waals surface area (Å²) < 4.78 is 12.3. The Morgan fingerprint density at radius 1 is 1.31 bits per heavy atom. The van der Waals surface area contributed by atoms with Crippen molar-refractivity contribution in [3.8, 4) is 0 Å². The molecular formula is C11H20FN. The number of hydrogen-bond acceptors (Lipinski definition) is 1. The first-order valence-electron chi connectivity index (χ1n) is 4.62. The predicted molar refractivity (Wildman–Crippen MR) is 57.1 cm³/mol. The Hall–Kier alpha value is -0.890. The van der Waals surface area contributed by atoms with Crippen LogP contribution in [0.5, 0.6) is 0 Å². The monoisotopic (exact) mass is 185 g/mol. The number of nitrogens with two attached hydrogens (primary N) is 1. The van der Waals surface area contributed by atoms with Gasteiger partial charge < -0.3 is 5.73 Å². The van der Waals surface area contributed by atoms with Crippen LogP contribution < -0.4 is 5.73 Å². The molecular weight excluding hydrogens is 165 g/mol. The molecule has 1 rings (SSSR count). The van der Waals surface area contributed by atoms with E-state index < -0.39 is 0 Å². The minimum Gasteiger partial charge on any atom is -0.324 e. The molecule has 1 unspecified atom stereocenters. The first-order valence-corrected chi connectivity index (χ1v) is 4.62. The molecule has 1 atom stereocenters. The van der Waals surface area contributed by atoms with Crippen LogP contribution in [0.1, 0.15) is 40.2 Å². The number of hydrogen-bond donors (Lipinski definition) is 1. The molecule has 0 spiro atoms. The van der Waals surface area contributed by atoms with Crippen LogP contribution in [0.25, 0.3) is 0 Å². The summed E-state index contributed by atoms with van der Waals surface area (Å²) in [7, 11) is 0. The molecule has 1 aromatic rings. The lowest BCUT2D eigenvalue weighted by Crippen LogP contribution is -2.04. The fourth-order valence-electron chi connectivity index (χ4n) is 0.766. The third-order valence-corrected chi connectivity index (χ3v) is 1.40. The molecule has 0 saturated heterocycles. The first-order chi connectivity index (χ1) is 6.11. The topological polar surface area (TPSA) is 26.0 Å². The van der Waals surface area contributed by atoms with Crippen LogP contribution in [0.15, 0.2) is 24.3 Å². The average Bonchev–Trinajstić information content (AvgIpc) is 2.06. The van der Waals surface area contributed by atoms with Gasteiger partial charge in [0.05, 0.1) is 0 Å². The molecule has 2 heteroatoms. The number of benzene rings is 1. The highest BCUT2D eigenvalue weighted by Crippen LogP contribution is 2.09. The third kappa shape index (κ3) is 5.36. The van der Waals surface area contributed by atoms with E-state index in [0.717, 1.165) is 5.56 Å². The smallest absolute Gasteiger partial charge is 0.123 e. The fraction of sp³-hybridized carbons (Fsp3) is 0.455. The zero-order valence-electron chi connectivity index (χ0n) is 8.55. The van der Waals surface area contributed by atoms with Crippen molar-refractivity contribution < 1.29 is 5.82 Å². The van der Waals surface area contributed by atoms with Crippen molar-refractivity contribution >= 4 is 0 Å². The van der Waals surface area contributed by atoms with E-state index >= 15 is 0 Å². The summed E-state index contributed by atoms with van der Waals surface area (Å²) in [5, 5.41) is 0. The van der Waals surface area contributed by atoms with Gasteiger partial charge in [0, 0.05) is 7.47 Å². The van der Waals surface area contributed by atoms with Crippen LogP contribution in [0.3, 0.4) is 0 Å². The Bertz CT molecular complexity index is 221. The number of halogens is 1. The van der Waals surface area contributed by atoms with Crippen molar-refractivity contribution in [3.63, 3.8) is 0 Å². The van der Waals surface area contributed by atoms with Crippen LogP contribution >= 0.6 is 0 Å². The Morgan fingerprint density at radius 3 is 2.00 bits per heavy atom. The molecule has 0 bridgehead atoms. The summed E-state index contributed by atoms with van der Waals surface area (Å²) in [4.78, 5) is 0. The van der Waals surface area contributed by atoms with Gasteiger partial charge in [-0.05, 0) is 24.6 Å². The highest BCUT2D eigenvalue weighted by atomic mass is 19.1. The molecule has 1 nitrogen and oxygen atoms in total. The van der Waals surface area contributed by atoms with E-state index in [0.29, 0.717) is 0 Å². The second-order valence-electron chi connectivity index (χ2n) is 3.05. The molecule has 0 fully saturated rings. The SMILES string of the molecule is CC(N)c1ccc(F)cc1.CCC.[HH]. The largest absolute Gasteiger partial charge is 0.324 e. The molecule has 0 aliphatic rings. The van der Waals surface area contributed by atoms with E-state index in [9.17, 15) is 4.39 Å². The molecule has 2 N–H and O–H groups in total. The molecule has 0 saturated carbocycles. The molecule has 0 aliphatic carbocycles. The van der Waals surface area contributed by atoms with Crippen LogP contribution in [0, 0.1) is 5.82 Å². The molecule has 0 aromatic heterocycles. The van der Waals surface area contributed by atoms with E-state index in [1.165, 1.54) is 18.6 Å². The van der Waals surface area contributed by atoms with Crippen molar-refractivity contribution in [3.05, 3.63) is 35.6 Å². The predicted octanol–water partition coefficient (Wildman–Crippen LogP) is 3.51. The van der Waals surface area contributed by atoms with Crippen molar-refractivity contribution in [2.24, 2.45) is 5.73 Å². The summed E-state index contributed by atoms with van der Waals surface area (Å²) in [5.74, 6) is -0.218. The van der Waals surface area contributed by atoms with Crippen molar-refractivity contribution in [1.82, 2.24) is 0 Å². The standard InChI is InChI=1S/C8H10FN.C3H8.H2/c1-6(10)7-2-4-8(9)5-3-7;1-3-2;/h2-6H,10H2,1H3;3H2,1-2H3;1H. The van der Waals surface area contributed by atoms with Gasteiger partial charge >= 0.3 is 0 Å². The van der Waals surface area contributed by atoms with E-state index in [4.69, 9.17) is 5.73 Å². The lowest BCUT2D eigenvalue weighted by molar-refractivity contribution is 0.626. The summed E-state index contributed by atoms with van der Waals surface area (Å²) in [6.07, 6.45) is 1.25. The minimum absolute atomic E-state index is 0. The van der Waals surface area contributed by atoms with Crippen molar-refractivity contribution in [2.45, 2.75) is 33.2 Å². The van der Waals surface area contributed by atoms with Crippen LogP contribution in [-0.2, 0) is 0 Å². The van der Waals surface area contributed by atoms with E-state index in [-0.39, 0.29) is 13.3 Å². The van der Waals surface area contributed by atoms with Gasteiger partial charge in [-0.3, -0.25) is 0 Å². The summed E-state index contributed by atoms with van der Waals surface area (Å²) in [5.41, 5.74) is 6.50. The lowest BCUT2D eigenvalue weighted by Gasteiger charge is -2.02. The fourth-order valence-corrected chi connectivity index (χ4v) is 0.766. The van der Waals surface area contributed by atoms with Gasteiger partial charge in [-0.2, -0.15) is 0 Å². The van der Waals surface area contributed by atoms with E-state index in [1.807, 2.05) is 6.92 Å². The quantitative estimate of drug-likeness (QED) is 0.712. The maximum atomic E-state index is 12.3. The van der Waals surface area contributed by atoms with Gasteiger partial charge in [0.1, 0.15) is 5.82 Å². The lowest BCUT2D eigenvalue weighted by atomic mass is 10.1. The van der Waals surface area contributed by atoms with Gasteiger partial charge in [-0.15, -0.1) is 0 Å². The molecule has 0 radical (unpaired) electrons. The Balaban J connectivity index is 0. The van der Waals surface area contributed by atoms with Gasteiger partial charge in [0.15, 0.2) is 0 Å². The maximum absolute atomic E-state index is 12.3. The minimum atomic E-state index is -0.218. The molecule has 1 aromatic carbocycles. The molecule has 0 aliphatic heterocycles. The molecule has 76 valence electrons. The summed E-state index contributed by atoms with van der Waals surface area (Å²) in [6.45, 7) is 6.12. The highest BCUT2D eigenvalue weighted by Gasteiger charge is 1.96. The van der Waals surface area contributed by atoms with Gasteiger partial charge in [0.2, 0.25) is 0 Å². The zero-order chi connectivity index (χ0) is 10.3. The van der Waals surface area contributed by atoms with Gasteiger partial charge in [0.25, 0.3) is 0 Å². The Morgan fingerprint density at radius 2 is 1.69 bits per heavy atom. The normalized spacial score (nSPS) is 11.5. The average molecular weight is 185 g/mol. The molecule has 13 heavy (non-hydrogen) atoms. The van der Waals surface area contributed by atoms with Crippen molar-refractivity contribution in [2.75, 3.05) is 0 Å². The van der Waals surface area contributed by atoms with E-state index in [1.54, 1.807) is 12.1 Å². The van der Waals surface area contributed by atoms with Gasteiger partial charge in [-0.25, -0.2) is 4.39 Å². The van der Waals surface area contributed by atoms with Crippen LogP contribution in [0.4, 0.5) is 4.39 Å². The summed E-state index contributed by atoms with van der Waals surface area (Å²) >= 11 is 0. The van der Waals surface area contributed by atoms with Crippen LogP contribution in [0.2, 0.25) is 0 Å². The highest BCUT2D eigenvalue weighted by molar-refractivity contribution is 5.18. The van der Waals surface area contributed by atoms with Gasteiger partial charge in [-0.1, -0.05) is 32.4 Å². The molecule has 0 amide bonds. The van der Waals surface area contributed by atoms with Crippen molar-refractivity contribution in [1.29, 1.82) is 0 Å². The zero-order valence-corrected chi connectivity index (χ0v) is 8.55. The Labute approximate surface area is 81.3 Å². The molecule has 0 heterocycles. The third-order valence-electron chi connectivity index (χ3n) is 1.40. The number of rotatable bonds is 1. The second-order valence-corrected chi connectivity index (χ2v) is 3.05. The summed E-state index contributed by atoms with van der Waals surface area (Å²) in [6, 6.07) is 6.21. The first kappa shape index (κ1) is 12.1. The Kier molecular flexibility index (Phi) is 6.15. The maximum Gasteiger partial charge on any atom is 0.123 e. The van der Waals surface area contributed by atoms with E-state index in [2.05, 4.69) is 13.8 Å². The second kappa shape index (κ2) is 6.61. The van der Waals surface area contributed by atoms with Crippen LogP contribution in [-0.4, -0.2) is 0 Å².